The minimum Gasteiger partial charge on any atom is -0.364 e. The molecule has 2 N–H and O–H groups in total. The van der Waals surface area contributed by atoms with Crippen LogP contribution in [0, 0.1) is 5.82 Å². The fourth-order valence-corrected chi connectivity index (χ4v) is 2.60. The van der Waals surface area contributed by atoms with Gasteiger partial charge in [0.05, 0.1) is 5.69 Å². The SMILES string of the molecule is CC1CN(C)CCN1c1ccc(CCN)cc1F. The van der Waals surface area contributed by atoms with E-state index in [0.717, 1.165) is 37.3 Å². The van der Waals surface area contributed by atoms with Gasteiger partial charge in [0, 0.05) is 25.7 Å². The molecule has 0 aromatic heterocycles. The summed E-state index contributed by atoms with van der Waals surface area (Å²) in [5.74, 6) is -0.127. The average molecular weight is 251 g/mol. The molecule has 0 amide bonds. The van der Waals surface area contributed by atoms with E-state index in [4.69, 9.17) is 5.73 Å². The second-order valence-electron chi connectivity index (χ2n) is 5.13. The minimum atomic E-state index is -0.127. The highest BCUT2D eigenvalue weighted by Gasteiger charge is 2.23. The summed E-state index contributed by atoms with van der Waals surface area (Å²) in [5, 5.41) is 0. The van der Waals surface area contributed by atoms with E-state index >= 15 is 0 Å². The number of anilines is 1. The van der Waals surface area contributed by atoms with Gasteiger partial charge in [-0.25, -0.2) is 4.39 Å². The molecule has 0 bridgehead atoms. The summed E-state index contributed by atoms with van der Waals surface area (Å²) in [6.07, 6.45) is 0.732. The highest BCUT2D eigenvalue weighted by Crippen LogP contribution is 2.24. The first kappa shape index (κ1) is 13.3. The molecular weight excluding hydrogens is 229 g/mol. The average Bonchev–Trinajstić information content (AvgIpc) is 2.31. The van der Waals surface area contributed by atoms with Gasteiger partial charge in [0.15, 0.2) is 0 Å². The maximum Gasteiger partial charge on any atom is 0.146 e. The van der Waals surface area contributed by atoms with Crippen LogP contribution in [0.15, 0.2) is 18.2 Å². The van der Waals surface area contributed by atoms with Gasteiger partial charge in [-0.1, -0.05) is 6.07 Å². The van der Waals surface area contributed by atoms with Gasteiger partial charge in [0.1, 0.15) is 5.82 Å². The van der Waals surface area contributed by atoms with Gasteiger partial charge < -0.3 is 15.5 Å². The Morgan fingerprint density at radius 1 is 1.39 bits per heavy atom. The van der Waals surface area contributed by atoms with Crippen LogP contribution in [0.25, 0.3) is 0 Å². The lowest BCUT2D eigenvalue weighted by molar-refractivity contribution is 0.274. The van der Waals surface area contributed by atoms with Crippen molar-refractivity contribution in [2.75, 3.05) is 38.1 Å². The van der Waals surface area contributed by atoms with Crippen molar-refractivity contribution in [3.8, 4) is 0 Å². The van der Waals surface area contributed by atoms with E-state index in [-0.39, 0.29) is 5.82 Å². The molecule has 1 aromatic carbocycles. The molecule has 1 aliphatic rings. The van der Waals surface area contributed by atoms with Crippen LogP contribution < -0.4 is 10.6 Å². The van der Waals surface area contributed by atoms with Crippen LogP contribution in [0.3, 0.4) is 0 Å². The second-order valence-corrected chi connectivity index (χ2v) is 5.13. The van der Waals surface area contributed by atoms with Crippen LogP contribution in [0.2, 0.25) is 0 Å². The third-order valence-corrected chi connectivity index (χ3v) is 3.59. The molecule has 0 radical (unpaired) electrons. The summed E-state index contributed by atoms with van der Waals surface area (Å²) in [5.41, 5.74) is 7.18. The van der Waals surface area contributed by atoms with Crippen LogP contribution in [-0.2, 0) is 6.42 Å². The standard InChI is InChI=1S/C14H22FN3/c1-11-10-17(2)7-8-18(11)14-4-3-12(5-6-16)9-13(14)15/h3-4,9,11H,5-8,10,16H2,1-2H3. The molecule has 1 unspecified atom stereocenters. The molecule has 1 aliphatic heterocycles. The molecule has 18 heavy (non-hydrogen) atoms. The van der Waals surface area contributed by atoms with E-state index in [1.165, 1.54) is 0 Å². The smallest absolute Gasteiger partial charge is 0.146 e. The fourth-order valence-electron chi connectivity index (χ4n) is 2.60. The largest absolute Gasteiger partial charge is 0.364 e. The molecule has 1 heterocycles. The first-order valence-corrected chi connectivity index (χ1v) is 6.55. The number of nitrogens with two attached hydrogens (primary N) is 1. The monoisotopic (exact) mass is 251 g/mol. The number of nitrogens with zero attached hydrogens (tertiary/aromatic N) is 2. The van der Waals surface area contributed by atoms with Gasteiger partial charge in [-0.3, -0.25) is 0 Å². The van der Waals surface area contributed by atoms with E-state index in [0.29, 0.717) is 12.6 Å². The van der Waals surface area contributed by atoms with E-state index in [1.807, 2.05) is 12.1 Å². The zero-order valence-corrected chi connectivity index (χ0v) is 11.2. The normalized spacial score (nSPS) is 21.3. The van der Waals surface area contributed by atoms with Crippen molar-refractivity contribution in [2.24, 2.45) is 5.73 Å². The van der Waals surface area contributed by atoms with Crippen LogP contribution in [0.4, 0.5) is 10.1 Å². The number of likely N-dealkylation sites (N-methyl/N-ethyl adjacent to an activating group) is 1. The first-order chi connectivity index (χ1) is 8.61. The zero-order chi connectivity index (χ0) is 13.1. The van der Waals surface area contributed by atoms with Crippen LogP contribution in [0.1, 0.15) is 12.5 Å². The molecule has 2 rings (SSSR count). The van der Waals surface area contributed by atoms with Crippen molar-refractivity contribution in [2.45, 2.75) is 19.4 Å². The van der Waals surface area contributed by atoms with Crippen LogP contribution in [0.5, 0.6) is 0 Å². The Bertz CT molecular complexity index is 408. The zero-order valence-electron chi connectivity index (χ0n) is 11.2. The Morgan fingerprint density at radius 2 is 2.17 bits per heavy atom. The summed E-state index contributed by atoms with van der Waals surface area (Å²) in [6.45, 7) is 5.54. The number of benzene rings is 1. The molecule has 0 spiro atoms. The third-order valence-electron chi connectivity index (χ3n) is 3.59. The molecule has 1 atom stereocenters. The Hall–Kier alpha value is -1.13. The van der Waals surface area contributed by atoms with Crippen molar-refractivity contribution in [3.05, 3.63) is 29.6 Å². The third kappa shape index (κ3) is 2.82. The number of halogens is 1. The molecule has 1 aromatic rings. The maximum atomic E-state index is 14.1. The second kappa shape index (κ2) is 5.67. The Morgan fingerprint density at radius 3 is 2.78 bits per heavy atom. The Labute approximate surface area is 108 Å². The summed E-state index contributed by atoms with van der Waals surface area (Å²) >= 11 is 0. The summed E-state index contributed by atoms with van der Waals surface area (Å²) in [7, 11) is 2.11. The summed E-state index contributed by atoms with van der Waals surface area (Å²) < 4.78 is 14.1. The number of hydrogen-bond donors (Lipinski definition) is 1. The van der Waals surface area contributed by atoms with Crippen molar-refractivity contribution in [1.29, 1.82) is 0 Å². The Kier molecular flexibility index (Phi) is 4.19. The van der Waals surface area contributed by atoms with Crippen molar-refractivity contribution < 1.29 is 4.39 Å². The van der Waals surface area contributed by atoms with E-state index in [2.05, 4.69) is 23.8 Å². The lowest BCUT2D eigenvalue weighted by Gasteiger charge is -2.40. The molecule has 100 valence electrons. The molecule has 1 saturated heterocycles. The molecule has 1 fully saturated rings. The van der Waals surface area contributed by atoms with Gasteiger partial charge in [0.25, 0.3) is 0 Å². The predicted octanol–water partition coefficient (Wildman–Crippen LogP) is 1.47. The summed E-state index contributed by atoms with van der Waals surface area (Å²) in [6, 6.07) is 5.84. The van der Waals surface area contributed by atoms with Crippen molar-refractivity contribution in [1.82, 2.24) is 4.90 Å². The number of piperazine rings is 1. The maximum absolute atomic E-state index is 14.1. The van der Waals surface area contributed by atoms with E-state index < -0.39 is 0 Å². The fraction of sp³-hybridized carbons (Fsp3) is 0.571. The van der Waals surface area contributed by atoms with Gasteiger partial charge in [-0.2, -0.15) is 0 Å². The van der Waals surface area contributed by atoms with Crippen molar-refractivity contribution in [3.63, 3.8) is 0 Å². The van der Waals surface area contributed by atoms with Gasteiger partial charge >= 0.3 is 0 Å². The molecule has 3 nitrogen and oxygen atoms in total. The molecular formula is C14H22FN3. The number of hydrogen-bond acceptors (Lipinski definition) is 3. The molecule has 0 saturated carbocycles. The Balaban J connectivity index is 2.17. The first-order valence-electron chi connectivity index (χ1n) is 6.55. The van der Waals surface area contributed by atoms with Crippen molar-refractivity contribution >= 4 is 5.69 Å². The minimum absolute atomic E-state index is 0.127. The number of rotatable bonds is 3. The van der Waals surface area contributed by atoms with Gasteiger partial charge in [0.2, 0.25) is 0 Å². The van der Waals surface area contributed by atoms with Crippen LogP contribution >= 0.6 is 0 Å². The highest BCUT2D eigenvalue weighted by atomic mass is 19.1. The quantitative estimate of drug-likeness (QED) is 0.883. The predicted molar refractivity (Wildman–Crippen MR) is 73.5 cm³/mol. The lowest BCUT2D eigenvalue weighted by atomic mass is 10.1. The van der Waals surface area contributed by atoms with Gasteiger partial charge in [-0.15, -0.1) is 0 Å². The van der Waals surface area contributed by atoms with Gasteiger partial charge in [-0.05, 0) is 44.6 Å². The van der Waals surface area contributed by atoms with Crippen LogP contribution in [-0.4, -0.2) is 44.2 Å². The molecule has 4 heteroatoms. The van der Waals surface area contributed by atoms with E-state index in [1.54, 1.807) is 6.07 Å². The highest BCUT2D eigenvalue weighted by molar-refractivity contribution is 5.50. The lowest BCUT2D eigenvalue weighted by Crippen LogP contribution is -2.50. The topological polar surface area (TPSA) is 32.5 Å². The summed E-state index contributed by atoms with van der Waals surface area (Å²) in [4.78, 5) is 4.43. The molecule has 0 aliphatic carbocycles. The van der Waals surface area contributed by atoms with E-state index in [9.17, 15) is 4.39 Å².